The van der Waals surface area contributed by atoms with E-state index in [4.69, 9.17) is 9.52 Å². The SMILES string of the molecule is Cc1noc(C)c1C(C)N=C1NC2(CCCC2)CS1. The van der Waals surface area contributed by atoms with Crippen molar-refractivity contribution in [3.8, 4) is 0 Å². The molecule has 104 valence electrons. The Morgan fingerprint density at radius 3 is 2.74 bits per heavy atom. The van der Waals surface area contributed by atoms with Crippen molar-refractivity contribution in [2.75, 3.05) is 5.75 Å². The van der Waals surface area contributed by atoms with E-state index >= 15 is 0 Å². The summed E-state index contributed by atoms with van der Waals surface area (Å²) in [5, 5.41) is 8.76. The van der Waals surface area contributed by atoms with Crippen molar-refractivity contribution in [2.24, 2.45) is 4.99 Å². The van der Waals surface area contributed by atoms with Crippen molar-refractivity contribution in [3.63, 3.8) is 0 Å². The Labute approximate surface area is 118 Å². The van der Waals surface area contributed by atoms with E-state index < -0.39 is 0 Å². The van der Waals surface area contributed by atoms with Gasteiger partial charge in [0.15, 0.2) is 5.17 Å². The molecule has 1 unspecified atom stereocenters. The van der Waals surface area contributed by atoms with Crippen LogP contribution in [0.25, 0.3) is 0 Å². The van der Waals surface area contributed by atoms with Crippen LogP contribution in [-0.4, -0.2) is 21.6 Å². The molecule has 0 radical (unpaired) electrons. The number of aryl methyl sites for hydroxylation is 2. The second-order valence-electron chi connectivity index (χ2n) is 5.75. The molecule has 0 aromatic carbocycles. The second-order valence-corrected chi connectivity index (χ2v) is 6.71. The number of rotatable bonds is 2. The van der Waals surface area contributed by atoms with Gasteiger partial charge in [-0.3, -0.25) is 4.99 Å². The van der Waals surface area contributed by atoms with E-state index in [2.05, 4.69) is 17.4 Å². The molecule has 1 saturated heterocycles. The summed E-state index contributed by atoms with van der Waals surface area (Å²) in [5.74, 6) is 2.05. The van der Waals surface area contributed by atoms with Crippen LogP contribution in [-0.2, 0) is 0 Å². The number of aromatic nitrogens is 1. The molecule has 5 heteroatoms. The van der Waals surface area contributed by atoms with Crippen LogP contribution in [0.5, 0.6) is 0 Å². The van der Waals surface area contributed by atoms with E-state index in [-0.39, 0.29) is 6.04 Å². The van der Waals surface area contributed by atoms with Gasteiger partial charge in [-0.15, -0.1) is 0 Å². The number of hydrogen-bond donors (Lipinski definition) is 1. The zero-order valence-corrected chi connectivity index (χ0v) is 12.6. The minimum Gasteiger partial charge on any atom is -0.361 e. The van der Waals surface area contributed by atoms with Gasteiger partial charge in [-0.1, -0.05) is 29.8 Å². The fourth-order valence-electron chi connectivity index (χ4n) is 3.22. The average molecular weight is 279 g/mol. The van der Waals surface area contributed by atoms with Gasteiger partial charge in [-0.05, 0) is 33.6 Å². The van der Waals surface area contributed by atoms with Gasteiger partial charge >= 0.3 is 0 Å². The third-order valence-corrected chi connectivity index (χ3v) is 5.41. The summed E-state index contributed by atoms with van der Waals surface area (Å²) in [6.07, 6.45) is 5.28. The van der Waals surface area contributed by atoms with Crippen molar-refractivity contribution in [1.82, 2.24) is 10.5 Å². The predicted molar refractivity (Wildman–Crippen MR) is 78.6 cm³/mol. The van der Waals surface area contributed by atoms with Crippen LogP contribution in [0.4, 0.5) is 0 Å². The fraction of sp³-hybridized carbons (Fsp3) is 0.714. The van der Waals surface area contributed by atoms with Crippen molar-refractivity contribution < 1.29 is 4.52 Å². The van der Waals surface area contributed by atoms with Gasteiger partial charge < -0.3 is 9.84 Å². The fourth-order valence-corrected chi connectivity index (χ4v) is 4.52. The Kier molecular flexibility index (Phi) is 3.33. The van der Waals surface area contributed by atoms with E-state index in [1.54, 1.807) is 0 Å². The van der Waals surface area contributed by atoms with E-state index in [0.29, 0.717) is 5.54 Å². The van der Waals surface area contributed by atoms with Gasteiger partial charge in [0.05, 0.1) is 11.7 Å². The van der Waals surface area contributed by atoms with Crippen LogP contribution in [0.1, 0.15) is 55.7 Å². The highest BCUT2D eigenvalue weighted by Crippen LogP contribution is 2.38. The molecule has 1 aliphatic heterocycles. The highest BCUT2D eigenvalue weighted by Gasteiger charge is 2.39. The summed E-state index contributed by atoms with van der Waals surface area (Å²) in [7, 11) is 0. The van der Waals surface area contributed by atoms with E-state index in [0.717, 1.165) is 22.2 Å². The molecule has 1 aliphatic carbocycles. The van der Waals surface area contributed by atoms with Gasteiger partial charge in [0.25, 0.3) is 0 Å². The Bertz CT molecular complexity index is 483. The van der Waals surface area contributed by atoms with Crippen molar-refractivity contribution in [2.45, 2.75) is 58.0 Å². The number of hydrogen-bond acceptors (Lipinski definition) is 4. The van der Waals surface area contributed by atoms with Crippen LogP contribution in [0, 0.1) is 13.8 Å². The molecule has 0 bridgehead atoms. The second kappa shape index (κ2) is 4.85. The Morgan fingerprint density at radius 2 is 2.11 bits per heavy atom. The molecule has 19 heavy (non-hydrogen) atoms. The van der Waals surface area contributed by atoms with E-state index in [1.165, 1.54) is 31.4 Å². The molecule has 1 N–H and O–H groups in total. The molecular weight excluding hydrogens is 258 g/mol. The maximum atomic E-state index is 5.23. The van der Waals surface area contributed by atoms with Crippen molar-refractivity contribution in [3.05, 3.63) is 17.0 Å². The third kappa shape index (κ3) is 2.40. The van der Waals surface area contributed by atoms with Crippen molar-refractivity contribution >= 4 is 16.9 Å². The first-order chi connectivity index (χ1) is 9.10. The third-order valence-electron chi connectivity index (χ3n) is 4.24. The number of nitrogens with one attached hydrogen (secondary N) is 1. The lowest BCUT2D eigenvalue weighted by Crippen LogP contribution is -2.40. The predicted octanol–water partition coefficient (Wildman–Crippen LogP) is 3.36. The summed E-state index contributed by atoms with van der Waals surface area (Å²) in [6, 6.07) is 0.109. The zero-order chi connectivity index (χ0) is 13.5. The lowest BCUT2D eigenvalue weighted by molar-refractivity contribution is 0.391. The Balaban J connectivity index is 1.76. The molecule has 1 aromatic rings. The van der Waals surface area contributed by atoms with Gasteiger partial charge in [0.1, 0.15) is 5.76 Å². The lowest BCUT2D eigenvalue weighted by Gasteiger charge is -2.22. The van der Waals surface area contributed by atoms with Crippen LogP contribution in [0.3, 0.4) is 0 Å². The molecule has 0 amide bonds. The molecule has 1 atom stereocenters. The van der Waals surface area contributed by atoms with Gasteiger partial charge in [0, 0.05) is 16.9 Å². The summed E-state index contributed by atoms with van der Waals surface area (Å²) in [6.45, 7) is 6.05. The topological polar surface area (TPSA) is 50.4 Å². The molecule has 1 spiro atoms. The van der Waals surface area contributed by atoms with Crippen LogP contribution >= 0.6 is 11.8 Å². The van der Waals surface area contributed by atoms with Gasteiger partial charge in [0.2, 0.25) is 0 Å². The Morgan fingerprint density at radius 1 is 1.37 bits per heavy atom. The molecule has 1 aromatic heterocycles. The largest absolute Gasteiger partial charge is 0.361 e. The van der Waals surface area contributed by atoms with Gasteiger partial charge in [-0.2, -0.15) is 0 Å². The highest BCUT2D eigenvalue weighted by molar-refractivity contribution is 8.14. The molecule has 2 heterocycles. The first kappa shape index (κ1) is 13.0. The minimum absolute atomic E-state index is 0.109. The molecule has 2 fully saturated rings. The average Bonchev–Trinajstić information content (AvgIpc) is 3.05. The summed E-state index contributed by atoms with van der Waals surface area (Å²) >= 11 is 1.86. The summed E-state index contributed by atoms with van der Waals surface area (Å²) < 4.78 is 5.23. The number of thioether (sulfide) groups is 1. The van der Waals surface area contributed by atoms with Crippen LogP contribution in [0.2, 0.25) is 0 Å². The molecule has 2 aliphatic rings. The number of nitrogens with zero attached hydrogens (tertiary/aromatic N) is 2. The zero-order valence-electron chi connectivity index (χ0n) is 11.8. The lowest BCUT2D eigenvalue weighted by atomic mass is 10.0. The normalized spacial score (nSPS) is 25.1. The maximum absolute atomic E-state index is 5.23. The monoisotopic (exact) mass is 279 g/mol. The molecule has 1 saturated carbocycles. The van der Waals surface area contributed by atoms with Gasteiger partial charge in [-0.25, -0.2) is 0 Å². The first-order valence-electron chi connectivity index (χ1n) is 7.01. The van der Waals surface area contributed by atoms with Crippen molar-refractivity contribution in [1.29, 1.82) is 0 Å². The molecular formula is C14H21N3OS. The van der Waals surface area contributed by atoms with E-state index in [1.807, 2.05) is 25.6 Å². The first-order valence-corrected chi connectivity index (χ1v) is 8.00. The summed E-state index contributed by atoms with van der Waals surface area (Å²) in [4.78, 5) is 4.83. The molecule has 3 rings (SSSR count). The van der Waals surface area contributed by atoms with Crippen LogP contribution in [0.15, 0.2) is 9.52 Å². The minimum atomic E-state index is 0.109. The van der Waals surface area contributed by atoms with E-state index in [9.17, 15) is 0 Å². The molecule has 4 nitrogen and oxygen atoms in total. The quantitative estimate of drug-likeness (QED) is 0.902. The summed E-state index contributed by atoms with van der Waals surface area (Å²) in [5.41, 5.74) is 2.41. The standard InChI is InChI=1S/C14H21N3OS/c1-9(12-10(2)17-18-11(12)3)15-13-16-14(8-19-13)6-4-5-7-14/h9H,4-8H2,1-3H3,(H,15,16). The number of aliphatic imine (C=N–C) groups is 1. The highest BCUT2D eigenvalue weighted by atomic mass is 32.2. The Hall–Kier alpha value is -0.970. The number of amidine groups is 1. The smallest absolute Gasteiger partial charge is 0.157 e. The maximum Gasteiger partial charge on any atom is 0.157 e. The van der Waals surface area contributed by atoms with Crippen LogP contribution < -0.4 is 5.32 Å².